The van der Waals surface area contributed by atoms with Crippen LogP contribution in [-0.4, -0.2) is 32.8 Å². The summed E-state index contributed by atoms with van der Waals surface area (Å²) in [5, 5.41) is 4.03. The minimum Gasteiger partial charge on any atom is -0.296 e. The van der Waals surface area contributed by atoms with E-state index >= 15 is 0 Å². The number of hydrogen-bond acceptors (Lipinski definition) is 4. The zero-order valence-corrected chi connectivity index (χ0v) is 12.9. The molecule has 126 valence electrons. The second-order valence-electron chi connectivity index (χ2n) is 5.74. The molecule has 3 aromatic rings. The van der Waals surface area contributed by atoms with Crippen molar-refractivity contribution in [3.05, 3.63) is 59.9 Å². The Morgan fingerprint density at radius 3 is 2.88 bits per heavy atom. The Kier molecular flexibility index (Phi) is 3.52. The van der Waals surface area contributed by atoms with Crippen molar-refractivity contribution in [3.63, 3.8) is 0 Å². The summed E-state index contributed by atoms with van der Waals surface area (Å²) in [6.07, 6.45) is 3.46. The summed E-state index contributed by atoms with van der Waals surface area (Å²) in [6, 6.07) is 5.95. The van der Waals surface area contributed by atoms with Gasteiger partial charge < -0.3 is 0 Å². The molecule has 25 heavy (non-hydrogen) atoms. The Morgan fingerprint density at radius 1 is 1.20 bits per heavy atom. The molecule has 1 fully saturated rings. The smallest absolute Gasteiger partial charge is 0.239 e. The lowest BCUT2D eigenvalue weighted by molar-refractivity contribution is -0.119. The van der Waals surface area contributed by atoms with Gasteiger partial charge in [0.2, 0.25) is 5.91 Å². The van der Waals surface area contributed by atoms with Crippen molar-refractivity contribution in [3.8, 4) is 0 Å². The predicted molar refractivity (Wildman–Crippen MR) is 84.1 cm³/mol. The lowest BCUT2D eigenvalue weighted by Crippen LogP contribution is -2.31. The van der Waals surface area contributed by atoms with Gasteiger partial charge in [-0.25, -0.2) is 18.3 Å². The van der Waals surface area contributed by atoms with Gasteiger partial charge in [0, 0.05) is 18.8 Å². The van der Waals surface area contributed by atoms with Gasteiger partial charge in [-0.1, -0.05) is 0 Å². The number of hydrogen-bond donors (Lipinski definition) is 0. The molecule has 8 heteroatoms. The van der Waals surface area contributed by atoms with Crippen molar-refractivity contribution in [1.29, 1.82) is 0 Å². The zero-order chi connectivity index (χ0) is 17.6. The third-order valence-electron chi connectivity index (χ3n) is 4.24. The predicted octanol–water partition coefficient (Wildman–Crippen LogP) is 2.24. The molecule has 1 unspecified atom stereocenters. The fourth-order valence-electron chi connectivity index (χ4n) is 2.98. The van der Waals surface area contributed by atoms with Crippen LogP contribution in [0.4, 0.5) is 14.6 Å². The number of carbonyl (C=O) groups excluding carboxylic acids is 2. The van der Waals surface area contributed by atoms with Gasteiger partial charge in [-0.2, -0.15) is 5.10 Å². The number of aromatic nitrogens is 3. The molecule has 3 heterocycles. The number of nitrogens with zero attached hydrogens (tertiary/aromatic N) is 4. The third kappa shape index (κ3) is 2.55. The molecule has 1 amide bonds. The topological polar surface area (TPSA) is 67.6 Å². The second kappa shape index (κ2) is 5.73. The highest BCUT2D eigenvalue weighted by Gasteiger charge is 2.39. The van der Waals surface area contributed by atoms with Crippen LogP contribution in [0.1, 0.15) is 16.8 Å². The minimum atomic E-state index is -1.04. The molecule has 1 aliphatic heterocycles. The van der Waals surface area contributed by atoms with Crippen molar-refractivity contribution in [2.24, 2.45) is 5.92 Å². The normalized spacial score (nSPS) is 17.4. The highest BCUT2D eigenvalue weighted by atomic mass is 19.1. The lowest BCUT2D eigenvalue weighted by Gasteiger charge is -2.15. The first-order valence-corrected chi connectivity index (χ1v) is 7.65. The molecule has 0 saturated carbocycles. The number of ketones is 1. The Bertz CT molecular complexity index is 1000. The Hall–Kier alpha value is -3.16. The molecule has 0 bridgehead atoms. The van der Waals surface area contributed by atoms with Gasteiger partial charge in [-0.15, -0.1) is 0 Å². The van der Waals surface area contributed by atoms with Crippen LogP contribution in [0, 0.1) is 17.6 Å². The number of fused-ring (bicyclic) bond motifs is 1. The zero-order valence-electron chi connectivity index (χ0n) is 12.9. The summed E-state index contributed by atoms with van der Waals surface area (Å²) in [7, 11) is 0. The van der Waals surface area contributed by atoms with E-state index in [-0.39, 0.29) is 13.0 Å². The summed E-state index contributed by atoms with van der Waals surface area (Å²) >= 11 is 0. The van der Waals surface area contributed by atoms with Gasteiger partial charge in [0.25, 0.3) is 0 Å². The molecule has 0 spiro atoms. The fraction of sp³-hybridized carbons (Fsp3) is 0.176. The first-order valence-electron chi connectivity index (χ1n) is 7.65. The van der Waals surface area contributed by atoms with Crippen LogP contribution in [0.3, 0.4) is 0 Å². The quantitative estimate of drug-likeness (QED) is 0.541. The molecule has 1 saturated heterocycles. The average Bonchev–Trinajstić information content (AvgIpc) is 3.22. The highest BCUT2D eigenvalue weighted by Crippen LogP contribution is 2.27. The van der Waals surface area contributed by atoms with Crippen molar-refractivity contribution in [1.82, 2.24) is 14.6 Å². The summed E-state index contributed by atoms with van der Waals surface area (Å²) < 4.78 is 28.7. The first kappa shape index (κ1) is 15.4. The molecular weight excluding hydrogens is 330 g/mol. The van der Waals surface area contributed by atoms with E-state index in [4.69, 9.17) is 0 Å². The van der Waals surface area contributed by atoms with E-state index < -0.39 is 34.8 Å². The maximum atomic E-state index is 13.8. The van der Waals surface area contributed by atoms with Crippen LogP contribution in [0.5, 0.6) is 0 Å². The third-order valence-corrected chi connectivity index (χ3v) is 4.24. The van der Waals surface area contributed by atoms with E-state index in [0.717, 1.165) is 18.2 Å². The van der Waals surface area contributed by atoms with E-state index in [9.17, 15) is 18.4 Å². The largest absolute Gasteiger partial charge is 0.296 e. The number of halogens is 2. The van der Waals surface area contributed by atoms with Crippen molar-refractivity contribution in [2.75, 3.05) is 11.4 Å². The van der Waals surface area contributed by atoms with Crippen molar-refractivity contribution >= 4 is 23.2 Å². The van der Waals surface area contributed by atoms with Crippen LogP contribution in [-0.2, 0) is 4.79 Å². The van der Waals surface area contributed by atoms with E-state index in [2.05, 4.69) is 10.1 Å². The maximum absolute atomic E-state index is 13.8. The van der Waals surface area contributed by atoms with E-state index in [0.29, 0.717) is 11.5 Å². The number of rotatable bonds is 3. The van der Waals surface area contributed by atoms with E-state index in [1.807, 2.05) is 0 Å². The van der Waals surface area contributed by atoms with Crippen LogP contribution < -0.4 is 4.90 Å². The molecule has 1 aliphatic rings. The van der Waals surface area contributed by atoms with Gasteiger partial charge in [0.05, 0.1) is 11.8 Å². The van der Waals surface area contributed by atoms with E-state index in [1.165, 1.54) is 4.90 Å². The van der Waals surface area contributed by atoms with Crippen LogP contribution in [0.15, 0.2) is 42.7 Å². The Balaban J connectivity index is 1.62. The van der Waals surface area contributed by atoms with Gasteiger partial charge in [-0.3, -0.25) is 14.5 Å². The molecule has 0 N–H and O–H groups in total. The Morgan fingerprint density at radius 2 is 2.04 bits per heavy atom. The molecule has 4 rings (SSSR count). The number of Topliss-reactive ketones (excluding diaryl/α,β-unsaturated/α-hetero) is 1. The molecule has 0 aliphatic carbocycles. The number of carbonyl (C=O) groups is 2. The summed E-state index contributed by atoms with van der Waals surface area (Å²) in [5.74, 6) is -3.39. The van der Waals surface area contributed by atoms with Gasteiger partial charge in [-0.05, 0) is 30.7 Å². The van der Waals surface area contributed by atoms with Crippen molar-refractivity contribution in [2.45, 2.75) is 6.42 Å². The molecular formula is C17H12F2N4O2. The Labute approximate surface area is 140 Å². The molecule has 6 nitrogen and oxygen atoms in total. The van der Waals surface area contributed by atoms with Gasteiger partial charge in [0.15, 0.2) is 11.4 Å². The monoisotopic (exact) mass is 342 g/mol. The second-order valence-corrected chi connectivity index (χ2v) is 5.74. The van der Waals surface area contributed by atoms with Crippen molar-refractivity contribution < 1.29 is 18.4 Å². The summed E-state index contributed by atoms with van der Waals surface area (Å²) in [5.41, 5.74) is 0.163. The SMILES string of the molecule is O=C(c1cc(F)ccc1F)C1CCN(c2ccn3nccc3n2)C1=O. The molecule has 1 aromatic carbocycles. The molecule has 2 aromatic heterocycles. The summed E-state index contributed by atoms with van der Waals surface area (Å²) in [6.45, 7) is 0.281. The fourth-order valence-corrected chi connectivity index (χ4v) is 2.98. The maximum Gasteiger partial charge on any atom is 0.239 e. The van der Waals surface area contributed by atoms with Gasteiger partial charge in [0.1, 0.15) is 23.4 Å². The van der Waals surface area contributed by atoms with Crippen LogP contribution in [0.25, 0.3) is 5.65 Å². The van der Waals surface area contributed by atoms with E-state index in [1.54, 1.807) is 29.0 Å². The summed E-state index contributed by atoms with van der Waals surface area (Å²) in [4.78, 5) is 30.8. The number of benzene rings is 1. The average molecular weight is 342 g/mol. The number of amides is 1. The van der Waals surface area contributed by atoms with Crippen LogP contribution in [0.2, 0.25) is 0 Å². The molecule has 0 radical (unpaired) electrons. The number of anilines is 1. The minimum absolute atomic E-state index is 0.222. The van der Waals surface area contributed by atoms with Gasteiger partial charge >= 0.3 is 0 Å². The molecule has 1 atom stereocenters. The standard InChI is InChI=1S/C17H12F2N4O2/c18-10-1-2-13(19)12(9-10)16(24)11-4-7-22(17(11)25)14-5-8-23-15(21-14)3-6-20-23/h1-3,5-6,8-9,11H,4,7H2. The van der Waals surface area contributed by atoms with Crippen LogP contribution >= 0.6 is 0 Å². The first-order chi connectivity index (χ1) is 12.0. The lowest BCUT2D eigenvalue weighted by atomic mass is 9.96. The highest BCUT2D eigenvalue weighted by molar-refractivity contribution is 6.15.